The first kappa shape index (κ1) is 16.9. The molecule has 2 aromatic rings. The lowest BCUT2D eigenvalue weighted by Crippen LogP contribution is -2.56. The molecule has 128 valence electrons. The lowest BCUT2D eigenvalue weighted by Gasteiger charge is -2.31. The Balaban J connectivity index is 1.87. The molecule has 0 amide bonds. The molecule has 0 saturated carbocycles. The number of ether oxygens (including phenoxy) is 1. The van der Waals surface area contributed by atoms with E-state index in [4.69, 9.17) is 4.74 Å². The highest BCUT2D eigenvalue weighted by molar-refractivity contribution is 7.89. The maximum absolute atomic E-state index is 12.9. The molecule has 3 rings (SSSR count). The first-order chi connectivity index (χ1) is 11.5. The molecule has 2 aromatic carbocycles. The average molecular weight is 348 g/mol. The van der Waals surface area contributed by atoms with Crippen molar-refractivity contribution >= 4 is 26.8 Å². The number of benzene rings is 2. The summed E-state index contributed by atoms with van der Waals surface area (Å²) in [5.74, 6) is -0.420. The highest BCUT2D eigenvalue weighted by Gasteiger charge is 2.33. The minimum absolute atomic E-state index is 0.0774. The van der Waals surface area contributed by atoms with Crippen molar-refractivity contribution < 1.29 is 17.9 Å². The van der Waals surface area contributed by atoms with Crippen molar-refractivity contribution in [2.45, 2.75) is 17.9 Å². The molecule has 0 aliphatic carbocycles. The van der Waals surface area contributed by atoms with Crippen LogP contribution in [-0.2, 0) is 19.6 Å². The van der Waals surface area contributed by atoms with Crippen LogP contribution in [0.25, 0.3) is 10.8 Å². The van der Waals surface area contributed by atoms with Crippen molar-refractivity contribution in [1.82, 2.24) is 9.62 Å². The number of sulfonamides is 1. The highest BCUT2D eigenvalue weighted by atomic mass is 32.2. The number of hydrogen-bond donors (Lipinski definition) is 1. The van der Waals surface area contributed by atoms with Crippen molar-refractivity contribution in [2.75, 3.05) is 26.2 Å². The summed E-state index contributed by atoms with van der Waals surface area (Å²) >= 11 is 0. The molecule has 6 nitrogen and oxygen atoms in total. The first-order valence-electron chi connectivity index (χ1n) is 7.91. The van der Waals surface area contributed by atoms with E-state index in [0.29, 0.717) is 13.1 Å². The third-order valence-corrected chi connectivity index (χ3v) is 5.93. The van der Waals surface area contributed by atoms with E-state index in [-0.39, 0.29) is 18.0 Å². The number of hydrogen-bond acceptors (Lipinski definition) is 5. The van der Waals surface area contributed by atoms with E-state index in [1.165, 1.54) is 4.31 Å². The van der Waals surface area contributed by atoms with Crippen LogP contribution in [-0.4, -0.2) is 51.0 Å². The van der Waals surface area contributed by atoms with Crippen LogP contribution in [0, 0.1) is 0 Å². The summed E-state index contributed by atoms with van der Waals surface area (Å²) in [6.07, 6.45) is 0. The fourth-order valence-corrected chi connectivity index (χ4v) is 4.31. The molecule has 1 aliphatic rings. The van der Waals surface area contributed by atoms with Gasteiger partial charge in [-0.1, -0.05) is 30.3 Å². The van der Waals surface area contributed by atoms with Gasteiger partial charge in [-0.25, -0.2) is 8.42 Å². The number of piperazine rings is 1. The Labute approximate surface area is 141 Å². The van der Waals surface area contributed by atoms with Crippen LogP contribution in [0.15, 0.2) is 47.4 Å². The van der Waals surface area contributed by atoms with Crippen LogP contribution in [0.2, 0.25) is 0 Å². The van der Waals surface area contributed by atoms with Crippen LogP contribution >= 0.6 is 0 Å². The molecule has 1 saturated heterocycles. The van der Waals surface area contributed by atoms with Crippen LogP contribution in [0.5, 0.6) is 0 Å². The monoisotopic (exact) mass is 348 g/mol. The van der Waals surface area contributed by atoms with Crippen molar-refractivity contribution in [3.05, 3.63) is 42.5 Å². The number of nitrogens with zero attached hydrogens (tertiary/aromatic N) is 1. The quantitative estimate of drug-likeness (QED) is 0.845. The number of esters is 1. The smallest absolute Gasteiger partial charge is 0.324 e. The van der Waals surface area contributed by atoms with Gasteiger partial charge in [-0.2, -0.15) is 4.31 Å². The van der Waals surface area contributed by atoms with Crippen molar-refractivity contribution in [3.63, 3.8) is 0 Å². The molecule has 1 unspecified atom stereocenters. The molecule has 1 fully saturated rings. The zero-order chi connectivity index (χ0) is 17.2. The number of carbonyl (C=O) groups is 1. The zero-order valence-corrected chi connectivity index (χ0v) is 14.3. The lowest BCUT2D eigenvalue weighted by atomic mass is 10.1. The summed E-state index contributed by atoms with van der Waals surface area (Å²) in [6.45, 7) is 2.81. The van der Waals surface area contributed by atoms with E-state index in [1.54, 1.807) is 25.1 Å². The van der Waals surface area contributed by atoms with Gasteiger partial charge in [0.25, 0.3) is 0 Å². The molecule has 1 N–H and O–H groups in total. The average Bonchev–Trinajstić information content (AvgIpc) is 2.61. The molecule has 0 aromatic heterocycles. The van der Waals surface area contributed by atoms with Crippen molar-refractivity contribution in [2.24, 2.45) is 0 Å². The second kappa shape index (κ2) is 6.88. The summed E-state index contributed by atoms with van der Waals surface area (Å²) in [6, 6.07) is 12.1. The fraction of sp³-hybridized carbons (Fsp3) is 0.353. The van der Waals surface area contributed by atoms with E-state index in [9.17, 15) is 13.2 Å². The van der Waals surface area contributed by atoms with Crippen LogP contribution in [0.1, 0.15) is 6.92 Å². The minimum atomic E-state index is -3.65. The summed E-state index contributed by atoms with van der Waals surface area (Å²) in [5, 5.41) is 4.86. The summed E-state index contributed by atoms with van der Waals surface area (Å²) in [7, 11) is -3.65. The van der Waals surface area contributed by atoms with Gasteiger partial charge < -0.3 is 10.1 Å². The Bertz CT molecular complexity index is 851. The Morgan fingerprint density at radius 3 is 2.75 bits per heavy atom. The molecule has 0 spiro atoms. The van der Waals surface area contributed by atoms with Gasteiger partial charge in [0.15, 0.2) is 0 Å². The lowest BCUT2D eigenvalue weighted by molar-refractivity contribution is -0.146. The van der Waals surface area contributed by atoms with Crippen LogP contribution in [0.3, 0.4) is 0 Å². The van der Waals surface area contributed by atoms with Gasteiger partial charge in [0.05, 0.1) is 11.5 Å². The van der Waals surface area contributed by atoms with E-state index >= 15 is 0 Å². The Morgan fingerprint density at radius 2 is 2.00 bits per heavy atom. The standard InChI is InChI=1S/C17H20N2O4S/c1-2-23-17(20)16-12-19(10-9-18-16)24(21,22)15-8-7-13-5-3-4-6-14(13)11-15/h3-8,11,16,18H,2,9-10,12H2,1H3. The first-order valence-corrected chi connectivity index (χ1v) is 9.35. The number of fused-ring (bicyclic) bond motifs is 1. The molecule has 0 radical (unpaired) electrons. The summed E-state index contributed by atoms with van der Waals surface area (Å²) in [5.41, 5.74) is 0. The summed E-state index contributed by atoms with van der Waals surface area (Å²) < 4.78 is 32.1. The normalized spacial score (nSPS) is 19.3. The Morgan fingerprint density at radius 1 is 1.25 bits per heavy atom. The molecule has 0 bridgehead atoms. The maximum Gasteiger partial charge on any atom is 0.324 e. The molecular weight excluding hydrogens is 328 g/mol. The van der Waals surface area contributed by atoms with Gasteiger partial charge in [0, 0.05) is 19.6 Å². The largest absolute Gasteiger partial charge is 0.465 e. The molecule has 1 aliphatic heterocycles. The Kier molecular flexibility index (Phi) is 4.84. The number of nitrogens with one attached hydrogen (secondary N) is 1. The van der Waals surface area contributed by atoms with E-state index < -0.39 is 22.0 Å². The maximum atomic E-state index is 12.9. The molecule has 24 heavy (non-hydrogen) atoms. The third-order valence-electron chi connectivity index (χ3n) is 4.07. The second-order valence-electron chi connectivity index (χ2n) is 5.63. The van der Waals surface area contributed by atoms with E-state index in [1.807, 2.05) is 24.3 Å². The Hall–Kier alpha value is -1.96. The van der Waals surface area contributed by atoms with Gasteiger partial charge in [-0.05, 0) is 29.8 Å². The van der Waals surface area contributed by atoms with Gasteiger partial charge >= 0.3 is 5.97 Å². The highest BCUT2D eigenvalue weighted by Crippen LogP contribution is 2.22. The molecular formula is C17H20N2O4S. The molecule has 1 heterocycles. The summed E-state index contributed by atoms with van der Waals surface area (Å²) in [4.78, 5) is 12.1. The van der Waals surface area contributed by atoms with Gasteiger partial charge in [0.1, 0.15) is 6.04 Å². The molecule has 1 atom stereocenters. The van der Waals surface area contributed by atoms with Gasteiger partial charge in [0.2, 0.25) is 10.0 Å². The number of carbonyl (C=O) groups excluding carboxylic acids is 1. The van der Waals surface area contributed by atoms with Crippen molar-refractivity contribution in [1.29, 1.82) is 0 Å². The van der Waals surface area contributed by atoms with E-state index in [2.05, 4.69) is 5.32 Å². The third kappa shape index (κ3) is 3.28. The van der Waals surface area contributed by atoms with Gasteiger partial charge in [-0.15, -0.1) is 0 Å². The zero-order valence-electron chi connectivity index (χ0n) is 13.4. The fourth-order valence-electron chi connectivity index (χ4n) is 2.82. The number of rotatable bonds is 4. The topological polar surface area (TPSA) is 75.7 Å². The SMILES string of the molecule is CCOC(=O)C1CN(S(=O)(=O)c2ccc3ccccc3c2)CCN1. The van der Waals surface area contributed by atoms with Crippen LogP contribution < -0.4 is 5.32 Å². The van der Waals surface area contributed by atoms with E-state index in [0.717, 1.165) is 10.8 Å². The second-order valence-corrected chi connectivity index (χ2v) is 7.57. The van der Waals surface area contributed by atoms with Crippen molar-refractivity contribution in [3.8, 4) is 0 Å². The van der Waals surface area contributed by atoms with Crippen LogP contribution in [0.4, 0.5) is 0 Å². The predicted molar refractivity (Wildman–Crippen MR) is 91.1 cm³/mol. The van der Waals surface area contributed by atoms with Gasteiger partial charge in [-0.3, -0.25) is 4.79 Å². The molecule has 7 heteroatoms. The minimum Gasteiger partial charge on any atom is -0.465 e. The predicted octanol–water partition coefficient (Wildman–Crippen LogP) is 1.37.